The molecule has 136 valence electrons. The topological polar surface area (TPSA) is 104 Å². The molecule has 2 aromatic rings. The fraction of sp³-hybridized carbons (Fsp3) is 0.353. The molecule has 0 unspecified atom stereocenters. The Labute approximate surface area is 154 Å². The Morgan fingerprint density at radius 1 is 1.35 bits per heavy atom. The van der Waals surface area contributed by atoms with E-state index in [1.54, 1.807) is 20.8 Å². The molecule has 1 saturated heterocycles. The minimum atomic E-state index is -0.935. The number of benzene rings is 1. The predicted molar refractivity (Wildman–Crippen MR) is 98.9 cm³/mol. The second-order valence-electron chi connectivity index (χ2n) is 6.48. The van der Waals surface area contributed by atoms with Crippen LogP contribution in [0.5, 0.6) is 0 Å². The number of aromatic nitrogens is 1. The van der Waals surface area contributed by atoms with Gasteiger partial charge < -0.3 is 5.32 Å². The summed E-state index contributed by atoms with van der Waals surface area (Å²) in [5, 5.41) is 7.36. The first-order valence-corrected chi connectivity index (χ1v) is 8.93. The molecular weight excluding hydrogens is 354 g/mol. The van der Waals surface area contributed by atoms with Gasteiger partial charge in [0.1, 0.15) is 10.5 Å². The third kappa shape index (κ3) is 3.57. The molecule has 1 aromatic heterocycles. The second-order valence-corrected chi connectivity index (χ2v) is 7.51. The van der Waals surface area contributed by atoms with Crippen LogP contribution in [0.1, 0.15) is 32.2 Å². The van der Waals surface area contributed by atoms with Gasteiger partial charge in [0.05, 0.1) is 15.9 Å². The average molecular weight is 373 g/mol. The van der Waals surface area contributed by atoms with Crippen molar-refractivity contribution in [2.24, 2.45) is 5.10 Å². The van der Waals surface area contributed by atoms with Crippen LogP contribution in [-0.2, 0) is 9.59 Å². The summed E-state index contributed by atoms with van der Waals surface area (Å²) >= 11 is 1.49. The zero-order valence-electron chi connectivity index (χ0n) is 14.7. The summed E-state index contributed by atoms with van der Waals surface area (Å²) in [6, 6.07) is 7.26. The van der Waals surface area contributed by atoms with Crippen LogP contribution in [0.2, 0.25) is 0 Å². The van der Waals surface area contributed by atoms with Gasteiger partial charge in [0.25, 0.3) is 5.91 Å². The van der Waals surface area contributed by atoms with E-state index in [-0.39, 0.29) is 24.8 Å². The molecule has 2 heterocycles. The van der Waals surface area contributed by atoms with Crippen molar-refractivity contribution in [2.75, 3.05) is 6.54 Å². The molecule has 0 aliphatic carbocycles. The molecular formula is C17H19N5O3S. The number of amides is 4. The molecule has 1 aromatic carbocycles. The molecule has 8 nitrogen and oxygen atoms in total. The van der Waals surface area contributed by atoms with Crippen LogP contribution in [0.15, 0.2) is 29.4 Å². The van der Waals surface area contributed by atoms with Gasteiger partial charge in [0, 0.05) is 13.0 Å². The maximum atomic E-state index is 12.1. The Morgan fingerprint density at radius 3 is 2.73 bits per heavy atom. The molecule has 2 N–H and O–H groups in total. The molecule has 0 bridgehead atoms. The first-order chi connectivity index (χ1) is 12.3. The van der Waals surface area contributed by atoms with Crippen LogP contribution in [0.25, 0.3) is 10.2 Å². The highest BCUT2D eigenvalue weighted by atomic mass is 32.1. The first kappa shape index (κ1) is 18.0. The molecule has 1 aliphatic heterocycles. The number of hydrogen-bond donors (Lipinski definition) is 2. The van der Waals surface area contributed by atoms with Crippen LogP contribution in [0, 0.1) is 0 Å². The van der Waals surface area contributed by atoms with Gasteiger partial charge in [-0.15, -0.1) is 11.3 Å². The SMILES string of the molecule is C/C(=N/NC(=O)CCN1C(=O)NC(C)(C)C1=O)c1nc2ccccc2s1. The highest BCUT2D eigenvalue weighted by Gasteiger charge is 2.43. The van der Waals surface area contributed by atoms with Crippen molar-refractivity contribution in [3.8, 4) is 0 Å². The maximum Gasteiger partial charge on any atom is 0.325 e. The zero-order valence-corrected chi connectivity index (χ0v) is 15.5. The van der Waals surface area contributed by atoms with E-state index in [1.807, 2.05) is 24.3 Å². The van der Waals surface area contributed by atoms with Gasteiger partial charge in [-0.2, -0.15) is 5.10 Å². The standard InChI is InChI=1S/C17H19N5O3S/c1-10(14-18-11-6-4-5-7-12(11)26-14)20-21-13(23)8-9-22-15(24)17(2,3)19-16(22)25/h4-7H,8-9H2,1-3H3,(H,19,25)(H,21,23)/b20-10-. The van der Waals surface area contributed by atoms with E-state index >= 15 is 0 Å². The number of carbonyl (C=O) groups excluding carboxylic acids is 3. The van der Waals surface area contributed by atoms with E-state index in [2.05, 4.69) is 20.8 Å². The predicted octanol–water partition coefficient (Wildman–Crippen LogP) is 1.86. The Bertz CT molecular complexity index is 885. The van der Waals surface area contributed by atoms with Gasteiger partial charge in [-0.05, 0) is 32.9 Å². The lowest BCUT2D eigenvalue weighted by atomic mass is 10.1. The summed E-state index contributed by atoms with van der Waals surface area (Å²) in [6.07, 6.45) is -0.0220. The van der Waals surface area contributed by atoms with E-state index in [0.717, 1.165) is 20.1 Å². The number of para-hydroxylation sites is 1. The molecule has 1 aliphatic rings. The monoisotopic (exact) mass is 373 g/mol. The van der Waals surface area contributed by atoms with Gasteiger partial charge in [-0.25, -0.2) is 15.2 Å². The Morgan fingerprint density at radius 2 is 2.08 bits per heavy atom. The van der Waals surface area contributed by atoms with Crippen molar-refractivity contribution >= 4 is 45.1 Å². The van der Waals surface area contributed by atoms with E-state index in [4.69, 9.17) is 0 Å². The highest BCUT2D eigenvalue weighted by molar-refractivity contribution is 7.20. The van der Waals surface area contributed by atoms with Crippen molar-refractivity contribution < 1.29 is 14.4 Å². The number of thiazole rings is 1. The van der Waals surface area contributed by atoms with Gasteiger partial charge in [0.15, 0.2) is 0 Å². The van der Waals surface area contributed by atoms with Crippen LogP contribution in [-0.4, -0.2) is 45.5 Å². The second kappa shape index (κ2) is 6.83. The molecule has 9 heteroatoms. The number of urea groups is 1. The number of nitrogens with one attached hydrogen (secondary N) is 2. The van der Waals surface area contributed by atoms with E-state index in [9.17, 15) is 14.4 Å². The lowest BCUT2D eigenvalue weighted by Gasteiger charge is -2.15. The summed E-state index contributed by atoms with van der Waals surface area (Å²) in [6.45, 7) is 5.02. The molecule has 0 atom stereocenters. The molecule has 26 heavy (non-hydrogen) atoms. The summed E-state index contributed by atoms with van der Waals surface area (Å²) in [5.74, 6) is -0.722. The Kier molecular flexibility index (Phi) is 4.73. The average Bonchev–Trinajstić information content (AvgIpc) is 3.10. The van der Waals surface area contributed by atoms with Crippen LogP contribution in [0.3, 0.4) is 0 Å². The number of hydrogen-bond acceptors (Lipinski definition) is 6. The highest BCUT2D eigenvalue weighted by Crippen LogP contribution is 2.22. The van der Waals surface area contributed by atoms with Crippen molar-refractivity contribution in [1.82, 2.24) is 20.6 Å². The summed E-state index contributed by atoms with van der Waals surface area (Å²) in [4.78, 5) is 41.3. The number of imide groups is 1. The van der Waals surface area contributed by atoms with Gasteiger partial charge in [-0.1, -0.05) is 12.1 Å². The minimum Gasteiger partial charge on any atom is -0.324 e. The minimum absolute atomic E-state index is 0.00956. The Hall–Kier alpha value is -2.81. The molecule has 3 rings (SSSR count). The largest absolute Gasteiger partial charge is 0.325 e. The fourth-order valence-electron chi connectivity index (χ4n) is 2.51. The lowest BCUT2D eigenvalue weighted by Crippen LogP contribution is -2.40. The normalized spacial score (nSPS) is 16.9. The lowest BCUT2D eigenvalue weighted by molar-refractivity contribution is -0.130. The number of nitrogens with zero attached hydrogens (tertiary/aromatic N) is 3. The zero-order chi connectivity index (χ0) is 18.9. The number of rotatable bonds is 5. The third-order valence-corrected chi connectivity index (χ3v) is 5.10. The van der Waals surface area contributed by atoms with Gasteiger partial charge in [0.2, 0.25) is 5.91 Å². The van der Waals surface area contributed by atoms with Crippen molar-refractivity contribution in [1.29, 1.82) is 0 Å². The first-order valence-electron chi connectivity index (χ1n) is 8.11. The number of hydrazone groups is 1. The van der Waals surface area contributed by atoms with Gasteiger partial charge >= 0.3 is 6.03 Å². The van der Waals surface area contributed by atoms with Crippen LogP contribution < -0.4 is 10.7 Å². The number of carbonyl (C=O) groups is 3. The van der Waals surface area contributed by atoms with Crippen LogP contribution in [0.4, 0.5) is 4.79 Å². The number of fused-ring (bicyclic) bond motifs is 1. The summed E-state index contributed by atoms with van der Waals surface area (Å²) in [7, 11) is 0. The fourth-order valence-corrected chi connectivity index (χ4v) is 3.42. The molecule has 0 spiro atoms. The molecule has 1 fully saturated rings. The smallest absolute Gasteiger partial charge is 0.324 e. The third-order valence-electron chi connectivity index (χ3n) is 3.96. The van der Waals surface area contributed by atoms with Crippen molar-refractivity contribution in [2.45, 2.75) is 32.7 Å². The van der Waals surface area contributed by atoms with E-state index < -0.39 is 11.6 Å². The van der Waals surface area contributed by atoms with Crippen molar-refractivity contribution in [3.63, 3.8) is 0 Å². The van der Waals surface area contributed by atoms with Crippen LogP contribution >= 0.6 is 11.3 Å². The van der Waals surface area contributed by atoms with Crippen molar-refractivity contribution in [3.05, 3.63) is 29.3 Å². The summed E-state index contributed by atoms with van der Waals surface area (Å²) < 4.78 is 1.05. The Balaban J connectivity index is 1.57. The molecule has 4 amide bonds. The quantitative estimate of drug-likeness (QED) is 0.474. The van der Waals surface area contributed by atoms with E-state index in [1.165, 1.54) is 11.3 Å². The maximum absolute atomic E-state index is 12.1. The van der Waals surface area contributed by atoms with Gasteiger partial charge in [-0.3, -0.25) is 14.5 Å². The summed E-state index contributed by atoms with van der Waals surface area (Å²) in [5.41, 5.74) is 2.99. The van der Waals surface area contributed by atoms with E-state index in [0.29, 0.717) is 5.71 Å². The molecule has 0 saturated carbocycles. The molecule has 0 radical (unpaired) electrons.